The van der Waals surface area contributed by atoms with Gasteiger partial charge in [0.2, 0.25) is 0 Å². The van der Waals surface area contributed by atoms with Crippen molar-refractivity contribution in [3.05, 3.63) is 31.6 Å². The Hall–Kier alpha value is -0.960. The maximum absolute atomic E-state index is 13.6. The maximum atomic E-state index is 13.6. The van der Waals surface area contributed by atoms with E-state index in [-0.39, 0.29) is 33.4 Å². The number of halogens is 2. The minimum Gasteiger partial charge on any atom is -0.396 e. The first kappa shape index (κ1) is 15.4. The smallest absolute Gasteiger partial charge is 0.293 e. The Labute approximate surface area is 129 Å². The second-order valence-electron chi connectivity index (χ2n) is 5.06. The molecule has 0 spiro atoms. The molecular weight excluding hydrogens is 378 g/mol. The number of hydrogen-bond acceptors (Lipinski definition) is 4. The van der Waals surface area contributed by atoms with E-state index in [1.165, 1.54) is 12.1 Å². The zero-order chi connectivity index (χ0) is 14.7. The topological polar surface area (TPSA) is 75.4 Å². The van der Waals surface area contributed by atoms with Crippen molar-refractivity contribution in [2.45, 2.75) is 19.3 Å². The van der Waals surface area contributed by atoms with Crippen molar-refractivity contribution in [3.63, 3.8) is 0 Å². The zero-order valence-corrected chi connectivity index (χ0v) is 13.0. The molecule has 0 aliphatic heterocycles. The van der Waals surface area contributed by atoms with Gasteiger partial charge in [0.15, 0.2) is 0 Å². The Morgan fingerprint density at radius 1 is 1.45 bits per heavy atom. The normalized spacial score (nSPS) is 21.9. The fraction of sp³-hybridized carbons (Fsp3) is 0.538. The van der Waals surface area contributed by atoms with Crippen LogP contribution in [0.2, 0.25) is 0 Å². The number of aliphatic hydroxyl groups excluding tert-OH is 1. The molecule has 1 aliphatic rings. The molecule has 0 amide bonds. The summed E-state index contributed by atoms with van der Waals surface area (Å²) in [4.78, 5) is 10.5. The number of nitrogens with one attached hydrogen (secondary N) is 1. The van der Waals surface area contributed by atoms with Gasteiger partial charge in [-0.1, -0.05) is 6.42 Å². The van der Waals surface area contributed by atoms with Crippen molar-refractivity contribution < 1.29 is 14.4 Å². The van der Waals surface area contributed by atoms with E-state index in [2.05, 4.69) is 5.32 Å². The summed E-state index contributed by atoms with van der Waals surface area (Å²) in [5, 5.41) is 23.2. The van der Waals surface area contributed by atoms with Gasteiger partial charge in [-0.25, -0.2) is 4.39 Å². The summed E-state index contributed by atoms with van der Waals surface area (Å²) in [6.45, 7) is 0.654. The van der Waals surface area contributed by atoms with Crippen LogP contribution in [-0.4, -0.2) is 23.2 Å². The summed E-state index contributed by atoms with van der Waals surface area (Å²) in [7, 11) is 0. The molecule has 20 heavy (non-hydrogen) atoms. The van der Waals surface area contributed by atoms with Crippen molar-refractivity contribution in [2.24, 2.45) is 11.8 Å². The molecule has 5 nitrogen and oxygen atoms in total. The van der Waals surface area contributed by atoms with Gasteiger partial charge in [-0.15, -0.1) is 0 Å². The van der Waals surface area contributed by atoms with E-state index in [4.69, 9.17) is 0 Å². The molecule has 110 valence electrons. The van der Waals surface area contributed by atoms with Crippen LogP contribution in [0.3, 0.4) is 0 Å². The standard InChI is InChI=1S/C13H16FIN2O3/c14-10-4-12(13(17(19)20)5-11(10)15)16-6-8-2-1-3-9(8)7-18/h4-5,8-9,16,18H,1-3,6-7H2. The lowest BCUT2D eigenvalue weighted by Crippen LogP contribution is -2.21. The zero-order valence-electron chi connectivity index (χ0n) is 10.8. The highest BCUT2D eigenvalue weighted by atomic mass is 127. The molecule has 1 saturated carbocycles. The molecule has 1 aliphatic carbocycles. The van der Waals surface area contributed by atoms with E-state index in [1.54, 1.807) is 22.6 Å². The lowest BCUT2D eigenvalue weighted by molar-refractivity contribution is -0.384. The Balaban J connectivity index is 2.12. The van der Waals surface area contributed by atoms with Gasteiger partial charge in [-0.05, 0) is 47.3 Å². The molecule has 1 aromatic carbocycles. The molecule has 0 heterocycles. The largest absolute Gasteiger partial charge is 0.396 e. The number of nitro benzene ring substituents is 1. The molecule has 7 heteroatoms. The molecule has 0 saturated heterocycles. The third-order valence-corrected chi connectivity index (χ3v) is 4.67. The summed E-state index contributed by atoms with van der Waals surface area (Å²) >= 11 is 1.74. The third kappa shape index (κ3) is 3.38. The molecule has 1 aromatic rings. The minimum atomic E-state index is -0.512. The quantitative estimate of drug-likeness (QED) is 0.457. The van der Waals surface area contributed by atoms with E-state index in [0.717, 1.165) is 19.3 Å². The third-order valence-electron chi connectivity index (χ3n) is 3.84. The Bertz CT molecular complexity index is 513. The summed E-state index contributed by atoms with van der Waals surface area (Å²) in [6, 6.07) is 2.40. The van der Waals surface area contributed by atoms with Crippen LogP contribution in [0, 0.1) is 31.3 Å². The first-order valence-electron chi connectivity index (χ1n) is 6.51. The van der Waals surface area contributed by atoms with Gasteiger partial charge in [-0.2, -0.15) is 0 Å². The van der Waals surface area contributed by atoms with Crippen molar-refractivity contribution in [3.8, 4) is 0 Å². The molecule has 2 N–H and O–H groups in total. The predicted octanol–water partition coefficient (Wildman–Crippen LogP) is 3.16. The van der Waals surface area contributed by atoms with Crippen LogP contribution in [0.15, 0.2) is 12.1 Å². The second kappa shape index (κ2) is 6.66. The van der Waals surface area contributed by atoms with Crippen LogP contribution in [0.1, 0.15) is 19.3 Å². The van der Waals surface area contributed by atoms with Crippen LogP contribution in [0.5, 0.6) is 0 Å². The molecular formula is C13H16FIN2O3. The number of anilines is 1. The number of hydrogen-bond donors (Lipinski definition) is 2. The number of benzene rings is 1. The lowest BCUT2D eigenvalue weighted by atomic mass is 9.97. The first-order valence-corrected chi connectivity index (χ1v) is 7.59. The average molecular weight is 394 g/mol. The minimum absolute atomic E-state index is 0.116. The van der Waals surface area contributed by atoms with Crippen LogP contribution in [0.25, 0.3) is 0 Å². The van der Waals surface area contributed by atoms with E-state index in [9.17, 15) is 19.6 Å². The highest BCUT2D eigenvalue weighted by molar-refractivity contribution is 14.1. The predicted molar refractivity (Wildman–Crippen MR) is 82.2 cm³/mol. The van der Waals surface area contributed by atoms with E-state index in [1.807, 2.05) is 0 Å². The van der Waals surface area contributed by atoms with Crippen molar-refractivity contribution in [1.29, 1.82) is 0 Å². The molecule has 0 radical (unpaired) electrons. The number of nitrogens with zero attached hydrogens (tertiary/aromatic N) is 1. The van der Waals surface area contributed by atoms with Gasteiger partial charge in [0.25, 0.3) is 5.69 Å². The second-order valence-corrected chi connectivity index (χ2v) is 6.22. The first-order chi connectivity index (χ1) is 9.52. The van der Waals surface area contributed by atoms with E-state index >= 15 is 0 Å². The molecule has 2 unspecified atom stereocenters. The fourth-order valence-corrected chi connectivity index (χ4v) is 3.14. The van der Waals surface area contributed by atoms with Gasteiger partial charge in [0.05, 0.1) is 8.49 Å². The van der Waals surface area contributed by atoms with Gasteiger partial charge < -0.3 is 10.4 Å². The molecule has 0 aromatic heterocycles. The van der Waals surface area contributed by atoms with Crippen LogP contribution >= 0.6 is 22.6 Å². The maximum Gasteiger partial charge on any atom is 0.293 e. The monoisotopic (exact) mass is 394 g/mol. The number of aliphatic hydroxyl groups is 1. The molecule has 2 atom stereocenters. The van der Waals surface area contributed by atoms with Crippen molar-refractivity contribution in [2.75, 3.05) is 18.5 Å². The number of nitro groups is 1. The van der Waals surface area contributed by atoms with Crippen molar-refractivity contribution in [1.82, 2.24) is 0 Å². The van der Waals surface area contributed by atoms with Crippen LogP contribution in [0.4, 0.5) is 15.8 Å². The summed E-state index contributed by atoms with van der Waals surface area (Å²) in [5.74, 6) is 0.0426. The van der Waals surface area contributed by atoms with Crippen LogP contribution < -0.4 is 5.32 Å². The Morgan fingerprint density at radius 3 is 2.80 bits per heavy atom. The number of rotatable bonds is 5. The van der Waals surface area contributed by atoms with E-state index < -0.39 is 10.7 Å². The lowest BCUT2D eigenvalue weighted by Gasteiger charge is -2.18. The molecule has 1 fully saturated rings. The highest BCUT2D eigenvalue weighted by Gasteiger charge is 2.27. The van der Waals surface area contributed by atoms with Gasteiger partial charge in [0.1, 0.15) is 11.5 Å². The fourth-order valence-electron chi connectivity index (χ4n) is 2.69. The van der Waals surface area contributed by atoms with Crippen molar-refractivity contribution >= 4 is 34.0 Å². The summed E-state index contributed by atoms with van der Waals surface area (Å²) < 4.78 is 13.8. The van der Waals surface area contributed by atoms with Gasteiger partial charge >= 0.3 is 0 Å². The summed E-state index contributed by atoms with van der Waals surface area (Å²) in [6.07, 6.45) is 3.02. The Morgan fingerprint density at radius 2 is 2.15 bits per heavy atom. The van der Waals surface area contributed by atoms with Gasteiger partial charge in [-0.3, -0.25) is 10.1 Å². The Kier molecular flexibility index (Phi) is 5.14. The SMILES string of the molecule is O=[N+]([O-])c1cc(I)c(F)cc1NCC1CCCC1CO. The summed E-state index contributed by atoms with van der Waals surface area (Å²) in [5.41, 5.74) is 0.0888. The molecule has 0 bridgehead atoms. The highest BCUT2D eigenvalue weighted by Crippen LogP contribution is 2.33. The van der Waals surface area contributed by atoms with Crippen LogP contribution in [-0.2, 0) is 0 Å². The molecule has 2 rings (SSSR count). The van der Waals surface area contributed by atoms with E-state index in [0.29, 0.717) is 6.54 Å². The van der Waals surface area contributed by atoms with Gasteiger partial charge in [0, 0.05) is 25.3 Å². The average Bonchev–Trinajstić information content (AvgIpc) is 2.86.